The van der Waals surface area contributed by atoms with E-state index >= 15 is 0 Å². The predicted octanol–water partition coefficient (Wildman–Crippen LogP) is 0.625. The van der Waals surface area contributed by atoms with Crippen LogP contribution in [0.4, 0.5) is 5.69 Å². The van der Waals surface area contributed by atoms with Crippen molar-refractivity contribution >= 4 is 21.4 Å². The lowest BCUT2D eigenvalue weighted by Crippen LogP contribution is -2.42. The van der Waals surface area contributed by atoms with Gasteiger partial charge in [0.1, 0.15) is 0 Å². The summed E-state index contributed by atoms with van der Waals surface area (Å²) in [4.78, 5) is 13.0. The highest BCUT2D eigenvalue weighted by Crippen LogP contribution is 2.21. The van der Waals surface area contributed by atoms with Gasteiger partial charge in [-0.2, -0.15) is 0 Å². The first-order chi connectivity index (χ1) is 10.3. The van der Waals surface area contributed by atoms with Crippen molar-refractivity contribution in [3.63, 3.8) is 0 Å². The number of hydrogen-bond acceptors (Lipinski definition) is 5. The van der Waals surface area contributed by atoms with E-state index in [0.717, 1.165) is 11.3 Å². The first-order valence-electron chi connectivity index (χ1n) is 7.30. The maximum absolute atomic E-state index is 11.6. The van der Waals surface area contributed by atoms with E-state index in [0.29, 0.717) is 13.1 Å². The maximum Gasteiger partial charge on any atom is 0.221 e. The standard InChI is InChI=1S/C15H22N2O4S/c1-3-17(14-9-22(20,21)10-15(14)19)8-12-4-6-13(7-5-12)16-11(2)18/h4-7,14-15,19H,3,8-10H2,1-2H3,(H,16,18)/t14-,15-/m0/s1. The Morgan fingerprint density at radius 1 is 1.32 bits per heavy atom. The highest BCUT2D eigenvalue weighted by atomic mass is 32.2. The van der Waals surface area contributed by atoms with Crippen LogP contribution >= 0.6 is 0 Å². The Kier molecular flexibility index (Phi) is 5.20. The van der Waals surface area contributed by atoms with Gasteiger partial charge in [-0.3, -0.25) is 9.69 Å². The number of hydrogen-bond donors (Lipinski definition) is 2. The molecule has 1 aliphatic heterocycles. The van der Waals surface area contributed by atoms with Crippen LogP contribution < -0.4 is 5.32 Å². The fraction of sp³-hybridized carbons (Fsp3) is 0.533. The molecular weight excluding hydrogens is 304 g/mol. The van der Waals surface area contributed by atoms with Gasteiger partial charge in [0.15, 0.2) is 9.84 Å². The van der Waals surface area contributed by atoms with Crippen LogP contribution in [0.1, 0.15) is 19.4 Å². The molecule has 0 bridgehead atoms. The summed E-state index contributed by atoms with van der Waals surface area (Å²) < 4.78 is 23.3. The number of likely N-dealkylation sites (N-methyl/N-ethyl adjacent to an activating group) is 1. The molecule has 2 N–H and O–H groups in total. The van der Waals surface area contributed by atoms with Crippen LogP contribution in [0.5, 0.6) is 0 Å². The molecule has 1 heterocycles. The van der Waals surface area contributed by atoms with E-state index in [1.54, 1.807) is 0 Å². The van der Waals surface area contributed by atoms with Gasteiger partial charge in [-0.25, -0.2) is 8.42 Å². The van der Waals surface area contributed by atoms with Gasteiger partial charge in [-0.05, 0) is 24.2 Å². The monoisotopic (exact) mass is 326 g/mol. The van der Waals surface area contributed by atoms with E-state index in [4.69, 9.17) is 0 Å². The molecule has 122 valence electrons. The molecule has 1 aromatic carbocycles. The van der Waals surface area contributed by atoms with Crippen LogP contribution in [-0.2, 0) is 21.2 Å². The summed E-state index contributed by atoms with van der Waals surface area (Å²) in [6.45, 7) is 4.62. The normalized spacial score (nSPS) is 23.6. The van der Waals surface area contributed by atoms with Crippen molar-refractivity contribution in [1.29, 1.82) is 0 Å². The van der Waals surface area contributed by atoms with Gasteiger partial charge in [0, 0.05) is 19.2 Å². The smallest absolute Gasteiger partial charge is 0.221 e. The van der Waals surface area contributed by atoms with Crippen LogP contribution in [-0.4, -0.2) is 54.5 Å². The molecule has 1 aliphatic rings. The van der Waals surface area contributed by atoms with Crippen LogP contribution in [0.25, 0.3) is 0 Å². The summed E-state index contributed by atoms with van der Waals surface area (Å²) in [7, 11) is -3.15. The zero-order valence-electron chi connectivity index (χ0n) is 12.8. The number of nitrogens with one attached hydrogen (secondary N) is 1. The van der Waals surface area contributed by atoms with E-state index in [9.17, 15) is 18.3 Å². The summed E-state index contributed by atoms with van der Waals surface area (Å²) in [5.41, 5.74) is 1.73. The van der Waals surface area contributed by atoms with Gasteiger partial charge in [-0.1, -0.05) is 19.1 Å². The molecule has 0 spiro atoms. The molecule has 1 fully saturated rings. The largest absolute Gasteiger partial charge is 0.390 e. The van der Waals surface area contributed by atoms with Crippen LogP contribution in [0.3, 0.4) is 0 Å². The van der Waals surface area contributed by atoms with Gasteiger partial charge < -0.3 is 10.4 Å². The minimum atomic E-state index is -3.15. The lowest BCUT2D eigenvalue weighted by molar-refractivity contribution is -0.114. The summed E-state index contributed by atoms with van der Waals surface area (Å²) in [6, 6.07) is 7.05. The number of aliphatic hydroxyl groups excluding tert-OH is 1. The van der Waals surface area contributed by atoms with Crippen molar-refractivity contribution in [1.82, 2.24) is 4.90 Å². The Bertz CT molecular complexity index is 627. The van der Waals surface area contributed by atoms with Crippen molar-refractivity contribution in [2.75, 3.05) is 23.4 Å². The summed E-state index contributed by atoms with van der Waals surface area (Å²) >= 11 is 0. The number of amides is 1. The number of nitrogens with zero attached hydrogens (tertiary/aromatic N) is 1. The number of rotatable bonds is 5. The van der Waals surface area contributed by atoms with Crippen LogP contribution in [0, 0.1) is 0 Å². The summed E-state index contributed by atoms with van der Waals surface area (Å²) in [5, 5.41) is 12.7. The molecule has 1 amide bonds. The molecule has 0 saturated carbocycles. The van der Waals surface area contributed by atoms with Crippen molar-refractivity contribution in [2.45, 2.75) is 32.5 Å². The van der Waals surface area contributed by atoms with Gasteiger partial charge in [0.05, 0.1) is 23.7 Å². The Hall–Kier alpha value is -1.44. The van der Waals surface area contributed by atoms with Crippen LogP contribution in [0.15, 0.2) is 24.3 Å². The summed E-state index contributed by atoms with van der Waals surface area (Å²) in [6.07, 6.45) is -0.830. The Balaban J connectivity index is 2.06. The number of aliphatic hydroxyl groups is 1. The van der Waals surface area contributed by atoms with Crippen molar-refractivity contribution in [3.8, 4) is 0 Å². The quantitative estimate of drug-likeness (QED) is 0.828. The van der Waals surface area contributed by atoms with E-state index in [2.05, 4.69) is 5.32 Å². The first kappa shape index (κ1) is 16.9. The highest BCUT2D eigenvalue weighted by molar-refractivity contribution is 7.91. The molecule has 0 aromatic heterocycles. The molecule has 0 unspecified atom stereocenters. The van der Waals surface area contributed by atoms with Crippen molar-refractivity contribution in [3.05, 3.63) is 29.8 Å². The molecule has 2 atom stereocenters. The minimum absolute atomic E-state index is 0.00593. The molecule has 1 aromatic rings. The second-order valence-electron chi connectivity index (χ2n) is 5.65. The number of benzene rings is 1. The van der Waals surface area contributed by atoms with Crippen molar-refractivity contribution < 1.29 is 18.3 Å². The molecule has 2 rings (SSSR count). The molecule has 7 heteroatoms. The predicted molar refractivity (Wildman–Crippen MR) is 85.3 cm³/mol. The Labute approximate surface area is 131 Å². The van der Waals surface area contributed by atoms with Gasteiger partial charge >= 0.3 is 0 Å². The van der Waals surface area contributed by atoms with E-state index in [1.807, 2.05) is 36.1 Å². The third kappa shape index (κ3) is 4.28. The van der Waals surface area contributed by atoms with Gasteiger partial charge in [0.2, 0.25) is 5.91 Å². The average Bonchev–Trinajstić information content (AvgIpc) is 2.70. The SMILES string of the molecule is CCN(Cc1ccc(NC(C)=O)cc1)[C@H]1CS(=O)(=O)C[C@@H]1O. The van der Waals surface area contributed by atoms with Crippen LogP contribution in [0.2, 0.25) is 0 Å². The van der Waals surface area contributed by atoms with E-state index in [-0.39, 0.29) is 23.5 Å². The minimum Gasteiger partial charge on any atom is -0.390 e. The molecule has 1 saturated heterocycles. The fourth-order valence-corrected chi connectivity index (χ4v) is 4.59. The highest BCUT2D eigenvalue weighted by Gasteiger charge is 2.39. The van der Waals surface area contributed by atoms with Crippen molar-refractivity contribution in [2.24, 2.45) is 0 Å². The molecule has 6 nitrogen and oxygen atoms in total. The first-order valence-corrected chi connectivity index (χ1v) is 9.12. The zero-order valence-corrected chi connectivity index (χ0v) is 13.6. The Morgan fingerprint density at radius 3 is 2.41 bits per heavy atom. The third-order valence-electron chi connectivity index (χ3n) is 3.83. The average molecular weight is 326 g/mol. The number of anilines is 1. The molecule has 0 aliphatic carbocycles. The maximum atomic E-state index is 11.6. The lowest BCUT2D eigenvalue weighted by atomic mass is 10.1. The number of carbonyl (C=O) groups is 1. The lowest BCUT2D eigenvalue weighted by Gasteiger charge is -2.28. The number of sulfone groups is 1. The zero-order chi connectivity index (χ0) is 16.3. The molecule has 0 radical (unpaired) electrons. The van der Waals surface area contributed by atoms with E-state index < -0.39 is 15.9 Å². The second-order valence-corrected chi connectivity index (χ2v) is 7.81. The Morgan fingerprint density at radius 2 is 1.95 bits per heavy atom. The molecular formula is C15H22N2O4S. The van der Waals surface area contributed by atoms with Gasteiger partial charge in [-0.15, -0.1) is 0 Å². The second kappa shape index (κ2) is 6.76. The topological polar surface area (TPSA) is 86.7 Å². The third-order valence-corrected chi connectivity index (χ3v) is 5.53. The van der Waals surface area contributed by atoms with E-state index in [1.165, 1.54) is 6.92 Å². The van der Waals surface area contributed by atoms with Gasteiger partial charge in [0.25, 0.3) is 0 Å². The fourth-order valence-electron chi connectivity index (χ4n) is 2.75. The molecule has 22 heavy (non-hydrogen) atoms. The number of carbonyl (C=O) groups excluding carboxylic acids is 1. The summed E-state index contributed by atoms with van der Waals surface area (Å²) in [5.74, 6) is -0.274.